The summed E-state index contributed by atoms with van der Waals surface area (Å²) in [6.07, 6.45) is 7.73. The highest BCUT2D eigenvalue weighted by Crippen LogP contribution is 2.43. The van der Waals surface area contributed by atoms with Crippen LogP contribution in [0.3, 0.4) is 0 Å². The van der Waals surface area contributed by atoms with Crippen molar-refractivity contribution in [2.45, 2.75) is 65.5 Å². The number of ether oxygens (including phenoxy) is 2. The molecular formula is C36H46N4O4. The number of carbonyl (C=O) groups excluding carboxylic acids is 2. The number of hydrogen-bond donors (Lipinski definition) is 2. The van der Waals surface area contributed by atoms with Crippen molar-refractivity contribution in [1.29, 1.82) is 0 Å². The predicted molar refractivity (Wildman–Crippen MR) is 175 cm³/mol. The molecule has 5 rings (SSSR count). The van der Waals surface area contributed by atoms with Gasteiger partial charge >= 0.3 is 6.03 Å². The number of benzene rings is 2. The van der Waals surface area contributed by atoms with E-state index in [1.807, 2.05) is 54.6 Å². The summed E-state index contributed by atoms with van der Waals surface area (Å²) in [7, 11) is 3.43. The first-order chi connectivity index (χ1) is 21.0. The smallest absolute Gasteiger partial charge is 0.317 e. The Hall–Kier alpha value is -4.07. The Labute approximate surface area is 261 Å². The van der Waals surface area contributed by atoms with Crippen molar-refractivity contribution in [3.63, 3.8) is 0 Å². The summed E-state index contributed by atoms with van der Waals surface area (Å²) in [6.45, 7) is 9.78. The van der Waals surface area contributed by atoms with E-state index in [4.69, 9.17) is 14.5 Å². The van der Waals surface area contributed by atoms with Crippen LogP contribution in [0.1, 0.15) is 53.4 Å². The van der Waals surface area contributed by atoms with E-state index in [1.165, 1.54) is 0 Å². The van der Waals surface area contributed by atoms with Gasteiger partial charge in [0.1, 0.15) is 17.5 Å². The lowest BCUT2D eigenvalue weighted by Crippen LogP contribution is -2.53. The molecule has 0 bridgehead atoms. The van der Waals surface area contributed by atoms with Crippen molar-refractivity contribution >= 4 is 22.8 Å². The topological polar surface area (TPSA) is 92.8 Å². The van der Waals surface area contributed by atoms with Crippen LogP contribution in [-0.2, 0) is 4.79 Å². The number of urea groups is 1. The zero-order valence-corrected chi connectivity index (χ0v) is 26.9. The molecule has 234 valence electrons. The Bertz CT molecular complexity index is 1520. The van der Waals surface area contributed by atoms with Gasteiger partial charge in [-0.05, 0) is 48.1 Å². The fourth-order valence-corrected chi connectivity index (χ4v) is 5.80. The Balaban J connectivity index is 1.36. The zero-order chi connectivity index (χ0) is 31.5. The van der Waals surface area contributed by atoms with Gasteiger partial charge < -0.3 is 25.0 Å². The van der Waals surface area contributed by atoms with Crippen LogP contribution in [0.15, 0.2) is 66.7 Å². The third-order valence-corrected chi connectivity index (χ3v) is 9.62. The van der Waals surface area contributed by atoms with E-state index in [-0.39, 0.29) is 35.4 Å². The molecule has 8 heteroatoms. The summed E-state index contributed by atoms with van der Waals surface area (Å²) in [4.78, 5) is 33.5. The first-order valence-electron chi connectivity index (χ1n) is 15.6. The average molecular weight is 599 g/mol. The summed E-state index contributed by atoms with van der Waals surface area (Å²) < 4.78 is 11.8. The standard InChI is InChI=1S/C36H46N4O4/c1-35(2)18-11-10-14-25-20-29(25)38-33(41)28(39-34(42)40(5)23-36(35,3)4)17-19-44-32-22-30(24-12-8-7-9-13-24)37-31-21-26(43-6)15-16-27(31)32/h7-10,12-16,21-22,25,28-29H,11,17-20,23H2,1-6H3,(H,38,41)(H,39,42)/b14-10-/t25-,28?,29?/m1/s1. The summed E-state index contributed by atoms with van der Waals surface area (Å²) in [5, 5.41) is 7.02. The van der Waals surface area contributed by atoms with E-state index in [1.54, 1.807) is 19.1 Å². The molecule has 2 unspecified atom stereocenters. The van der Waals surface area contributed by atoms with Crippen molar-refractivity contribution < 1.29 is 19.1 Å². The van der Waals surface area contributed by atoms with E-state index in [0.717, 1.165) is 41.4 Å². The molecule has 1 fully saturated rings. The molecule has 8 nitrogen and oxygen atoms in total. The second kappa shape index (κ2) is 12.9. The van der Waals surface area contributed by atoms with Crippen LogP contribution < -0.4 is 20.1 Å². The maximum atomic E-state index is 13.5. The molecule has 1 saturated carbocycles. The van der Waals surface area contributed by atoms with Gasteiger partial charge in [0.2, 0.25) is 5.91 Å². The van der Waals surface area contributed by atoms with Gasteiger partial charge in [0.05, 0.1) is 24.9 Å². The maximum absolute atomic E-state index is 13.5. The maximum Gasteiger partial charge on any atom is 0.317 e. The lowest BCUT2D eigenvalue weighted by atomic mass is 9.65. The molecule has 1 aliphatic carbocycles. The number of allylic oxidation sites excluding steroid dienone is 1. The van der Waals surface area contributed by atoms with Crippen molar-refractivity contribution in [1.82, 2.24) is 20.5 Å². The Morgan fingerprint density at radius 1 is 1.00 bits per heavy atom. The van der Waals surface area contributed by atoms with Gasteiger partial charge in [-0.15, -0.1) is 0 Å². The number of methoxy groups -OCH3 is 1. The van der Waals surface area contributed by atoms with E-state index < -0.39 is 6.04 Å². The molecule has 0 saturated heterocycles. The quantitative estimate of drug-likeness (QED) is 0.312. The number of aromatic nitrogens is 1. The molecule has 1 aromatic heterocycles. The fourth-order valence-electron chi connectivity index (χ4n) is 5.80. The van der Waals surface area contributed by atoms with Crippen molar-refractivity contribution in [3.8, 4) is 22.8 Å². The third-order valence-electron chi connectivity index (χ3n) is 9.62. The molecule has 2 aliphatic rings. The molecule has 44 heavy (non-hydrogen) atoms. The lowest BCUT2D eigenvalue weighted by Gasteiger charge is -2.44. The Kier molecular flexibility index (Phi) is 9.18. The van der Waals surface area contributed by atoms with Crippen LogP contribution in [0.5, 0.6) is 11.5 Å². The normalized spacial score (nSPS) is 24.2. The highest BCUT2D eigenvalue weighted by Gasteiger charge is 2.40. The minimum absolute atomic E-state index is 0.0201. The molecule has 3 aromatic rings. The number of fused-ring (bicyclic) bond motifs is 2. The SMILES string of the molecule is COc1ccc2c(OCCC3NC(=O)N(C)CC(C)(C)C(C)(C)CC/C=C\[C@@H]4CC4NC3=O)cc(-c3ccccc3)nc2c1. The number of pyridine rings is 1. The van der Waals surface area contributed by atoms with E-state index in [0.29, 0.717) is 30.4 Å². The van der Waals surface area contributed by atoms with Gasteiger partial charge in [0, 0.05) is 49.1 Å². The zero-order valence-electron chi connectivity index (χ0n) is 26.9. The summed E-state index contributed by atoms with van der Waals surface area (Å²) in [6, 6.07) is 16.7. The largest absolute Gasteiger partial charge is 0.497 e. The van der Waals surface area contributed by atoms with Crippen LogP contribution in [0.4, 0.5) is 4.79 Å². The Morgan fingerprint density at radius 2 is 1.77 bits per heavy atom. The van der Waals surface area contributed by atoms with Crippen molar-refractivity contribution in [2.24, 2.45) is 16.7 Å². The molecule has 2 heterocycles. The number of hydrogen-bond acceptors (Lipinski definition) is 5. The summed E-state index contributed by atoms with van der Waals surface area (Å²) >= 11 is 0. The highest BCUT2D eigenvalue weighted by atomic mass is 16.5. The number of nitrogens with one attached hydrogen (secondary N) is 2. The molecule has 2 N–H and O–H groups in total. The van der Waals surface area contributed by atoms with E-state index in [2.05, 4.69) is 50.5 Å². The number of rotatable bonds is 6. The summed E-state index contributed by atoms with van der Waals surface area (Å²) in [5.41, 5.74) is 2.39. The average Bonchev–Trinajstić information content (AvgIpc) is 3.74. The minimum Gasteiger partial charge on any atom is -0.497 e. The number of carbonyl (C=O) groups is 2. The molecule has 3 amide bonds. The van der Waals surface area contributed by atoms with Crippen LogP contribution in [0, 0.1) is 16.7 Å². The van der Waals surface area contributed by atoms with Crippen LogP contribution in [-0.4, -0.2) is 61.2 Å². The van der Waals surface area contributed by atoms with Crippen molar-refractivity contribution in [2.75, 3.05) is 27.3 Å². The second-order valence-electron chi connectivity index (χ2n) is 13.5. The van der Waals surface area contributed by atoms with Gasteiger partial charge in [0.25, 0.3) is 0 Å². The number of amides is 3. The van der Waals surface area contributed by atoms with Crippen LogP contribution >= 0.6 is 0 Å². The number of nitrogens with zero attached hydrogens (tertiary/aromatic N) is 2. The predicted octanol–water partition coefficient (Wildman–Crippen LogP) is 6.60. The molecule has 2 aromatic carbocycles. The lowest BCUT2D eigenvalue weighted by molar-refractivity contribution is -0.123. The van der Waals surface area contributed by atoms with Gasteiger partial charge in [-0.2, -0.15) is 0 Å². The molecule has 0 spiro atoms. The monoisotopic (exact) mass is 598 g/mol. The molecule has 1 aliphatic heterocycles. The van der Waals surface area contributed by atoms with Gasteiger partial charge in [-0.1, -0.05) is 70.2 Å². The van der Waals surface area contributed by atoms with E-state index >= 15 is 0 Å². The molecular weight excluding hydrogens is 552 g/mol. The minimum atomic E-state index is -0.738. The van der Waals surface area contributed by atoms with Gasteiger partial charge in [-0.3, -0.25) is 4.79 Å². The molecule has 0 radical (unpaired) electrons. The molecule has 3 atom stereocenters. The first kappa shape index (κ1) is 31.4. The first-order valence-corrected chi connectivity index (χ1v) is 15.6. The van der Waals surface area contributed by atoms with Crippen LogP contribution in [0.2, 0.25) is 0 Å². The summed E-state index contributed by atoms with van der Waals surface area (Å²) in [5.74, 6) is 1.53. The van der Waals surface area contributed by atoms with Crippen LogP contribution in [0.25, 0.3) is 22.2 Å². The second-order valence-corrected chi connectivity index (χ2v) is 13.5. The van der Waals surface area contributed by atoms with Crippen molar-refractivity contribution in [3.05, 3.63) is 66.7 Å². The Morgan fingerprint density at radius 3 is 2.52 bits per heavy atom. The van der Waals surface area contributed by atoms with E-state index in [9.17, 15) is 9.59 Å². The highest BCUT2D eigenvalue weighted by molar-refractivity contribution is 5.89. The fraction of sp³-hybridized carbons (Fsp3) is 0.472. The van der Waals surface area contributed by atoms with Gasteiger partial charge in [-0.25, -0.2) is 9.78 Å². The third kappa shape index (κ3) is 7.17. The van der Waals surface area contributed by atoms with Gasteiger partial charge in [0.15, 0.2) is 0 Å².